The van der Waals surface area contributed by atoms with E-state index in [2.05, 4.69) is 16.8 Å². The van der Waals surface area contributed by atoms with Crippen LogP contribution in [0.15, 0.2) is 60.3 Å². The first-order chi connectivity index (χ1) is 12.1. The minimum absolute atomic E-state index is 0.591. The summed E-state index contributed by atoms with van der Waals surface area (Å²) in [6.07, 6.45) is 1.81. The molecule has 0 aliphatic heterocycles. The summed E-state index contributed by atoms with van der Waals surface area (Å²) in [5.41, 5.74) is 1.79. The summed E-state index contributed by atoms with van der Waals surface area (Å²) < 4.78 is 1.99. The van der Waals surface area contributed by atoms with Crippen LogP contribution in [-0.2, 0) is 12.3 Å². The molecule has 0 saturated carbocycles. The SMILES string of the molecule is C=CCn1c(SCc2c(Cl)cccc2Cl)nnc1-c1cccc(Cl)c1. The van der Waals surface area contributed by atoms with E-state index in [0.29, 0.717) is 27.4 Å². The first-order valence-corrected chi connectivity index (χ1v) is 9.58. The third kappa shape index (κ3) is 4.21. The van der Waals surface area contributed by atoms with Gasteiger partial charge >= 0.3 is 0 Å². The van der Waals surface area contributed by atoms with Gasteiger partial charge in [-0.05, 0) is 29.8 Å². The largest absolute Gasteiger partial charge is 0.298 e. The Hall–Kier alpha value is -1.46. The third-order valence-electron chi connectivity index (χ3n) is 3.52. The highest BCUT2D eigenvalue weighted by Gasteiger charge is 2.15. The van der Waals surface area contributed by atoms with Gasteiger partial charge in [0.05, 0.1) is 0 Å². The molecule has 1 aromatic heterocycles. The summed E-state index contributed by atoms with van der Waals surface area (Å²) in [4.78, 5) is 0. The zero-order valence-corrected chi connectivity index (χ0v) is 16.2. The highest BCUT2D eigenvalue weighted by Crippen LogP contribution is 2.32. The molecule has 0 unspecified atom stereocenters. The first-order valence-electron chi connectivity index (χ1n) is 7.46. The predicted molar refractivity (Wildman–Crippen MR) is 107 cm³/mol. The minimum Gasteiger partial charge on any atom is -0.298 e. The van der Waals surface area contributed by atoms with Gasteiger partial charge in [-0.2, -0.15) is 0 Å². The van der Waals surface area contributed by atoms with Crippen molar-refractivity contribution in [3.8, 4) is 11.4 Å². The Morgan fingerprint density at radius 3 is 2.44 bits per heavy atom. The third-order valence-corrected chi connectivity index (χ3v) is 5.46. The Kier molecular flexibility index (Phi) is 6.07. The van der Waals surface area contributed by atoms with E-state index in [1.54, 1.807) is 0 Å². The Morgan fingerprint density at radius 1 is 1.04 bits per heavy atom. The summed E-state index contributed by atoms with van der Waals surface area (Å²) in [6.45, 7) is 4.41. The van der Waals surface area contributed by atoms with Crippen LogP contribution in [0, 0.1) is 0 Å². The van der Waals surface area contributed by atoms with E-state index in [-0.39, 0.29) is 0 Å². The van der Waals surface area contributed by atoms with Crippen LogP contribution in [0.3, 0.4) is 0 Å². The quantitative estimate of drug-likeness (QED) is 0.349. The number of nitrogens with zero attached hydrogens (tertiary/aromatic N) is 3. The van der Waals surface area contributed by atoms with Crippen LogP contribution >= 0.6 is 46.6 Å². The van der Waals surface area contributed by atoms with Gasteiger partial charge in [-0.1, -0.05) is 70.8 Å². The lowest BCUT2D eigenvalue weighted by atomic mass is 10.2. The molecule has 3 rings (SSSR count). The molecule has 0 atom stereocenters. The average Bonchev–Trinajstić information content (AvgIpc) is 2.98. The molecule has 3 aromatic rings. The summed E-state index contributed by atoms with van der Waals surface area (Å²) in [7, 11) is 0. The van der Waals surface area contributed by atoms with Crippen molar-refractivity contribution in [2.24, 2.45) is 0 Å². The van der Waals surface area contributed by atoms with Crippen molar-refractivity contribution < 1.29 is 0 Å². The van der Waals surface area contributed by atoms with E-state index in [1.165, 1.54) is 11.8 Å². The Labute approximate surface area is 165 Å². The van der Waals surface area contributed by atoms with Crippen molar-refractivity contribution in [2.45, 2.75) is 17.5 Å². The lowest BCUT2D eigenvalue weighted by Crippen LogP contribution is -2.01. The average molecular weight is 411 g/mol. The summed E-state index contributed by atoms with van der Waals surface area (Å²) in [5.74, 6) is 1.35. The second-order valence-electron chi connectivity index (χ2n) is 5.20. The van der Waals surface area contributed by atoms with Crippen molar-refractivity contribution in [3.05, 3.63) is 75.8 Å². The smallest absolute Gasteiger partial charge is 0.192 e. The molecule has 0 aliphatic rings. The minimum atomic E-state index is 0.591. The van der Waals surface area contributed by atoms with E-state index in [1.807, 2.05) is 53.1 Å². The molecule has 2 aromatic carbocycles. The number of aromatic nitrogens is 3. The predicted octanol–water partition coefficient (Wildman–Crippen LogP) is 6.38. The molecule has 0 spiro atoms. The van der Waals surface area contributed by atoms with Crippen LogP contribution in [0.4, 0.5) is 0 Å². The number of hydrogen-bond acceptors (Lipinski definition) is 3. The standard InChI is InChI=1S/C18H14Cl3N3S/c1-2-9-24-17(12-5-3-6-13(19)10-12)22-23-18(24)25-11-14-15(20)7-4-8-16(14)21/h2-8,10H,1,9,11H2. The fourth-order valence-electron chi connectivity index (χ4n) is 2.34. The van der Waals surface area contributed by atoms with Crippen LogP contribution in [-0.4, -0.2) is 14.8 Å². The lowest BCUT2D eigenvalue weighted by molar-refractivity contribution is 0.731. The van der Waals surface area contributed by atoms with Crippen LogP contribution in [0.25, 0.3) is 11.4 Å². The Bertz CT molecular complexity index is 888. The van der Waals surface area contributed by atoms with Crippen molar-refractivity contribution in [1.29, 1.82) is 0 Å². The molecule has 128 valence electrons. The maximum atomic E-state index is 6.24. The molecule has 0 saturated heterocycles. The van der Waals surface area contributed by atoms with E-state index < -0.39 is 0 Å². The maximum Gasteiger partial charge on any atom is 0.192 e. The second kappa shape index (κ2) is 8.28. The van der Waals surface area contributed by atoms with Gasteiger partial charge in [-0.3, -0.25) is 4.57 Å². The molecule has 0 N–H and O–H groups in total. The van der Waals surface area contributed by atoms with E-state index in [0.717, 1.165) is 22.1 Å². The molecule has 3 nitrogen and oxygen atoms in total. The molecule has 0 fully saturated rings. The number of benzene rings is 2. The van der Waals surface area contributed by atoms with Gasteiger partial charge in [-0.25, -0.2) is 0 Å². The topological polar surface area (TPSA) is 30.7 Å². The highest BCUT2D eigenvalue weighted by atomic mass is 35.5. The zero-order valence-electron chi connectivity index (χ0n) is 13.1. The van der Waals surface area contributed by atoms with Crippen molar-refractivity contribution in [2.75, 3.05) is 0 Å². The molecule has 1 heterocycles. The summed E-state index contributed by atoms with van der Waals surface area (Å²) >= 11 is 20.1. The molecule has 7 heteroatoms. The van der Waals surface area contributed by atoms with E-state index >= 15 is 0 Å². The Morgan fingerprint density at radius 2 is 1.76 bits per heavy atom. The van der Waals surface area contributed by atoms with Crippen LogP contribution in [0.2, 0.25) is 15.1 Å². The molecule has 0 radical (unpaired) electrons. The molecule has 0 aliphatic carbocycles. The number of halogens is 3. The summed E-state index contributed by atoms with van der Waals surface area (Å²) in [6, 6.07) is 13.0. The van der Waals surface area contributed by atoms with Gasteiger partial charge in [0.15, 0.2) is 11.0 Å². The Balaban J connectivity index is 1.91. The van der Waals surface area contributed by atoms with Gasteiger partial charge in [0.2, 0.25) is 0 Å². The van der Waals surface area contributed by atoms with Crippen molar-refractivity contribution >= 4 is 46.6 Å². The maximum absolute atomic E-state index is 6.24. The lowest BCUT2D eigenvalue weighted by Gasteiger charge is -2.09. The fraction of sp³-hybridized carbons (Fsp3) is 0.111. The van der Waals surface area contributed by atoms with Crippen LogP contribution in [0.1, 0.15) is 5.56 Å². The highest BCUT2D eigenvalue weighted by molar-refractivity contribution is 7.98. The van der Waals surface area contributed by atoms with Crippen molar-refractivity contribution in [1.82, 2.24) is 14.8 Å². The first kappa shape index (κ1) is 18.3. The van der Waals surface area contributed by atoms with Crippen molar-refractivity contribution in [3.63, 3.8) is 0 Å². The van der Waals surface area contributed by atoms with Gasteiger partial charge < -0.3 is 0 Å². The molecule has 0 amide bonds. The number of rotatable bonds is 6. The summed E-state index contributed by atoms with van der Waals surface area (Å²) in [5, 5.41) is 11.3. The monoisotopic (exact) mass is 409 g/mol. The number of allylic oxidation sites excluding steroid dienone is 1. The number of thioether (sulfide) groups is 1. The van der Waals surface area contributed by atoms with E-state index in [9.17, 15) is 0 Å². The van der Waals surface area contributed by atoms with Gasteiger partial charge in [0.25, 0.3) is 0 Å². The van der Waals surface area contributed by atoms with E-state index in [4.69, 9.17) is 34.8 Å². The fourth-order valence-corrected chi connectivity index (χ4v) is 4.22. The molecule has 0 bridgehead atoms. The molecular formula is C18H14Cl3N3S. The molecular weight excluding hydrogens is 397 g/mol. The number of hydrogen-bond donors (Lipinski definition) is 0. The zero-order chi connectivity index (χ0) is 17.8. The normalized spacial score (nSPS) is 10.8. The van der Waals surface area contributed by atoms with Gasteiger partial charge in [0.1, 0.15) is 0 Å². The van der Waals surface area contributed by atoms with Crippen LogP contribution in [0.5, 0.6) is 0 Å². The van der Waals surface area contributed by atoms with Gasteiger partial charge in [-0.15, -0.1) is 16.8 Å². The van der Waals surface area contributed by atoms with Crippen LogP contribution < -0.4 is 0 Å². The van der Waals surface area contributed by atoms with Gasteiger partial charge in [0, 0.05) is 32.9 Å². The molecule has 25 heavy (non-hydrogen) atoms. The second-order valence-corrected chi connectivity index (χ2v) is 7.40.